The third-order valence-corrected chi connectivity index (χ3v) is 1.91. The first-order valence-corrected chi connectivity index (χ1v) is 6.46. The Bertz CT molecular complexity index is 412. The minimum atomic E-state index is 0.269. The molecular weight excluding hydrogens is 222 g/mol. The number of rotatable bonds is 2. The molecule has 0 saturated heterocycles. The van der Waals surface area contributed by atoms with Gasteiger partial charge < -0.3 is 10.4 Å². The Morgan fingerprint density at radius 1 is 0.722 bits per heavy atom. The van der Waals surface area contributed by atoms with Gasteiger partial charge in [-0.15, -0.1) is 0 Å². The van der Waals surface area contributed by atoms with Gasteiger partial charge in [-0.25, -0.2) is 0 Å². The molecule has 0 spiro atoms. The molecule has 0 aromatic heterocycles. The minimum Gasteiger partial charge on any atom is -0.508 e. The monoisotopic (exact) mass is 245 g/mol. The van der Waals surface area contributed by atoms with Crippen molar-refractivity contribution >= 4 is 11.4 Å². The molecule has 2 heteroatoms. The lowest BCUT2D eigenvalue weighted by Gasteiger charge is -2.05. The average Bonchev–Trinajstić information content (AvgIpc) is 2.44. The number of aromatic hydroxyl groups is 1. The van der Waals surface area contributed by atoms with E-state index in [0.29, 0.717) is 0 Å². The molecule has 0 atom stereocenters. The Hall–Kier alpha value is -1.96. The topological polar surface area (TPSA) is 32.3 Å². The van der Waals surface area contributed by atoms with E-state index in [2.05, 4.69) is 5.32 Å². The summed E-state index contributed by atoms with van der Waals surface area (Å²) in [6.07, 6.45) is 0. The Morgan fingerprint density at radius 2 is 1.28 bits per heavy atom. The van der Waals surface area contributed by atoms with Gasteiger partial charge in [0.1, 0.15) is 5.75 Å². The molecule has 0 saturated carbocycles. The maximum absolute atomic E-state index is 9.25. The fraction of sp³-hybridized carbons (Fsp3) is 0.250. The molecule has 0 radical (unpaired) electrons. The summed E-state index contributed by atoms with van der Waals surface area (Å²) in [5, 5.41) is 12.4. The van der Waals surface area contributed by atoms with Gasteiger partial charge in [0.05, 0.1) is 0 Å². The molecular formula is C16H23NO. The van der Waals surface area contributed by atoms with Crippen molar-refractivity contribution in [1.82, 2.24) is 0 Å². The van der Waals surface area contributed by atoms with Crippen LogP contribution >= 0.6 is 0 Å². The van der Waals surface area contributed by atoms with Gasteiger partial charge in [0, 0.05) is 17.4 Å². The highest BCUT2D eigenvalue weighted by molar-refractivity contribution is 5.60. The summed E-state index contributed by atoms with van der Waals surface area (Å²) in [6, 6.07) is 16.9. The number of nitrogens with one attached hydrogen (secondary N) is 1. The summed E-state index contributed by atoms with van der Waals surface area (Å²) in [5.74, 6) is 0.269. The van der Waals surface area contributed by atoms with Crippen LogP contribution < -0.4 is 5.32 Å². The van der Waals surface area contributed by atoms with Crippen molar-refractivity contribution in [2.24, 2.45) is 0 Å². The smallest absolute Gasteiger partial charge is 0.117 e. The first-order chi connectivity index (χ1) is 8.84. The van der Waals surface area contributed by atoms with Gasteiger partial charge in [0.15, 0.2) is 0 Å². The van der Waals surface area contributed by atoms with E-state index in [-0.39, 0.29) is 5.75 Å². The highest BCUT2D eigenvalue weighted by atomic mass is 16.3. The van der Waals surface area contributed by atoms with E-state index in [9.17, 15) is 5.11 Å². The molecule has 2 nitrogen and oxygen atoms in total. The summed E-state index contributed by atoms with van der Waals surface area (Å²) < 4.78 is 0. The van der Waals surface area contributed by atoms with Crippen molar-refractivity contribution in [3.8, 4) is 5.75 Å². The number of phenolic OH excluding ortho intramolecular Hbond substituents is 1. The number of phenols is 1. The van der Waals surface area contributed by atoms with Crippen LogP contribution in [-0.2, 0) is 0 Å². The summed E-state index contributed by atoms with van der Waals surface area (Å²) in [4.78, 5) is 0. The van der Waals surface area contributed by atoms with Crippen molar-refractivity contribution in [3.05, 3.63) is 54.6 Å². The second-order valence-corrected chi connectivity index (χ2v) is 3.04. The lowest BCUT2D eigenvalue weighted by molar-refractivity contribution is 0.475. The fourth-order valence-electron chi connectivity index (χ4n) is 1.27. The largest absolute Gasteiger partial charge is 0.508 e. The molecule has 0 amide bonds. The first-order valence-electron chi connectivity index (χ1n) is 6.46. The van der Waals surface area contributed by atoms with Gasteiger partial charge in [-0.2, -0.15) is 0 Å². The fourth-order valence-corrected chi connectivity index (χ4v) is 1.27. The van der Waals surface area contributed by atoms with Gasteiger partial charge in [-0.3, -0.25) is 0 Å². The zero-order valence-electron chi connectivity index (χ0n) is 11.6. The Kier molecular flexibility index (Phi) is 9.10. The van der Waals surface area contributed by atoms with E-state index in [1.165, 1.54) is 0 Å². The SMILES string of the molecule is CC.CC.Oc1cccc(Nc2ccccc2)c1. The highest BCUT2D eigenvalue weighted by Crippen LogP contribution is 2.19. The number of anilines is 2. The third-order valence-electron chi connectivity index (χ3n) is 1.91. The third kappa shape index (κ3) is 5.94. The molecule has 2 rings (SSSR count). The molecule has 0 aliphatic heterocycles. The maximum atomic E-state index is 9.25. The van der Waals surface area contributed by atoms with Gasteiger partial charge >= 0.3 is 0 Å². The second kappa shape index (κ2) is 10.2. The number of para-hydroxylation sites is 1. The standard InChI is InChI=1S/C12H11NO.2C2H6/c14-12-8-4-7-11(9-12)13-10-5-2-1-3-6-10;2*1-2/h1-9,13-14H;2*1-2H3. The quantitative estimate of drug-likeness (QED) is 0.763. The molecule has 18 heavy (non-hydrogen) atoms. The van der Waals surface area contributed by atoms with Crippen LogP contribution in [0.3, 0.4) is 0 Å². The van der Waals surface area contributed by atoms with E-state index >= 15 is 0 Å². The zero-order chi connectivity index (χ0) is 13.8. The van der Waals surface area contributed by atoms with Crippen LogP contribution in [-0.4, -0.2) is 5.11 Å². The van der Waals surface area contributed by atoms with Crippen LogP contribution in [0.2, 0.25) is 0 Å². The molecule has 0 unspecified atom stereocenters. The Morgan fingerprint density at radius 3 is 1.83 bits per heavy atom. The molecule has 0 fully saturated rings. The van der Waals surface area contributed by atoms with Crippen LogP contribution in [0.25, 0.3) is 0 Å². The van der Waals surface area contributed by atoms with Crippen molar-refractivity contribution in [3.63, 3.8) is 0 Å². The molecule has 2 N–H and O–H groups in total. The lowest BCUT2D eigenvalue weighted by atomic mass is 10.2. The van der Waals surface area contributed by atoms with E-state index in [4.69, 9.17) is 0 Å². The molecule has 0 heterocycles. The Balaban J connectivity index is 0.000000659. The van der Waals surface area contributed by atoms with Crippen LogP contribution in [0, 0.1) is 0 Å². The van der Waals surface area contributed by atoms with Crippen LogP contribution in [0.5, 0.6) is 5.75 Å². The summed E-state index contributed by atoms with van der Waals surface area (Å²) in [5.41, 5.74) is 1.90. The molecule has 2 aromatic carbocycles. The van der Waals surface area contributed by atoms with Gasteiger partial charge in [-0.05, 0) is 24.3 Å². The lowest BCUT2D eigenvalue weighted by Crippen LogP contribution is -1.88. The zero-order valence-corrected chi connectivity index (χ0v) is 11.6. The van der Waals surface area contributed by atoms with Crippen molar-refractivity contribution < 1.29 is 5.11 Å². The second-order valence-electron chi connectivity index (χ2n) is 3.04. The summed E-state index contributed by atoms with van der Waals surface area (Å²) >= 11 is 0. The van der Waals surface area contributed by atoms with Crippen LogP contribution in [0.15, 0.2) is 54.6 Å². The van der Waals surface area contributed by atoms with Crippen LogP contribution in [0.4, 0.5) is 11.4 Å². The summed E-state index contributed by atoms with van der Waals surface area (Å²) in [7, 11) is 0. The first kappa shape index (κ1) is 16.0. The molecule has 0 bridgehead atoms. The van der Waals surface area contributed by atoms with Gasteiger partial charge in [0.25, 0.3) is 0 Å². The molecule has 0 aliphatic carbocycles. The predicted octanol–water partition coefficient (Wildman–Crippen LogP) is 5.19. The normalized spacial score (nSPS) is 8.22. The van der Waals surface area contributed by atoms with E-state index in [0.717, 1.165) is 11.4 Å². The van der Waals surface area contributed by atoms with Gasteiger partial charge in [0.2, 0.25) is 0 Å². The van der Waals surface area contributed by atoms with Crippen LogP contribution in [0.1, 0.15) is 27.7 Å². The predicted molar refractivity (Wildman–Crippen MR) is 80.5 cm³/mol. The molecule has 0 aliphatic rings. The average molecular weight is 245 g/mol. The summed E-state index contributed by atoms with van der Waals surface area (Å²) in [6.45, 7) is 8.00. The number of hydrogen-bond donors (Lipinski definition) is 2. The number of benzene rings is 2. The molecule has 98 valence electrons. The molecule has 2 aromatic rings. The Labute approximate surface area is 110 Å². The van der Waals surface area contributed by atoms with E-state index in [1.807, 2.05) is 64.1 Å². The maximum Gasteiger partial charge on any atom is 0.117 e. The number of hydrogen-bond acceptors (Lipinski definition) is 2. The van der Waals surface area contributed by atoms with E-state index in [1.54, 1.807) is 18.2 Å². The minimum absolute atomic E-state index is 0.269. The van der Waals surface area contributed by atoms with Crippen molar-refractivity contribution in [2.45, 2.75) is 27.7 Å². The highest BCUT2D eigenvalue weighted by Gasteiger charge is 1.93. The van der Waals surface area contributed by atoms with Gasteiger partial charge in [-0.1, -0.05) is 52.0 Å². The van der Waals surface area contributed by atoms with Crippen molar-refractivity contribution in [2.75, 3.05) is 5.32 Å². The van der Waals surface area contributed by atoms with E-state index < -0.39 is 0 Å². The van der Waals surface area contributed by atoms with Crippen molar-refractivity contribution in [1.29, 1.82) is 0 Å².